The van der Waals surface area contributed by atoms with Crippen molar-refractivity contribution in [1.29, 1.82) is 0 Å². The van der Waals surface area contributed by atoms with E-state index in [0.717, 1.165) is 0 Å². The first-order chi connectivity index (χ1) is 10.7. The number of rotatable bonds is 3. The lowest BCUT2D eigenvalue weighted by atomic mass is 9.77. The number of hydrogen-bond donors (Lipinski definition) is 2. The summed E-state index contributed by atoms with van der Waals surface area (Å²) >= 11 is 0. The Morgan fingerprint density at radius 2 is 2.00 bits per heavy atom. The smallest absolute Gasteiger partial charge is 0.406 e. The lowest BCUT2D eigenvalue weighted by molar-refractivity contribution is 0.00578. The first-order valence-electron chi connectivity index (χ1n) is 7.38. The van der Waals surface area contributed by atoms with Gasteiger partial charge in [0, 0.05) is 6.20 Å². The van der Waals surface area contributed by atoms with Gasteiger partial charge >= 0.3 is 12.9 Å². The highest BCUT2D eigenvalue weighted by Gasteiger charge is 2.52. The predicted molar refractivity (Wildman–Crippen MR) is 85.8 cm³/mol. The third-order valence-corrected chi connectivity index (χ3v) is 4.39. The molecule has 1 aliphatic rings. The molecule has 0 amide bonds. The number of H-pyrrole nitrogens is 1. The van der Waals surface area contributed by atoms with Crippen molar-refractivity contribution in [2.75, 3.05) is 6.61 Å². The number of aliphatic hydroxyl groups excluding tert-OH is 1. The SMILES string of the molecule is CC1(C)OB(C(=Cc2cnc3[nH]c(=O)oc3c2)CO)OC1(C)C. The molecule has 2 N–H and O–H groups in total. The van der Waals surface area contributed by atoms with Gasteiger partial charge in [0.2, 0.25) is 0 Å². The highest BCUT2D eigenvalue weighted by molar-refractivity contribution is 6.55. The highest BCUT2D eigenvalue weighted by Crippen LogP contribution is 2.38. The molecular weight excluding hydrogens is 299 g/mol. The molecule has 23 heavy (non-hydrogen) atoms. The van der Waals surface area contributed by atoms with E-state index >= 15 is 0 Å². The van der Waals surface area contributed by atoms with Crippen LogP contribution in [0.2, 0.25) is 0 Å². The van der Waals surface area contributed by atoms with Crippen LogP contribution in [0.25, 0.3) is 17.3 Å². The number of aliphatic hydroxyl groups is 1. The quantitative estimate of drug-likeness (QED) is 0.833. The fourth-order valence-corrected chi connectivity index (χ4v) is 2.33. The molecular formula is C15H19BN2O5. The summed E-state index contributed by atoms with van der Waals surface area (Å²) in [4.78, 5) is 17.8. The molecule has 0 aliphatic carbocycles. The Morgan fingerprint density at radius 3 is 2.61 bits per heavy atom. The van der Waals surface area contributed by atoms with E-state index in [1.807, 2.05) is 27.7 Å². The average Bonchev–Trinajstić information content (AvgIpc) is 2.91. The molecule has 0 atom stereocenters. The Kier molecular flexibility index (Phi) is 3.70. The molecule has 2 aromatic rings. The van der Waals surface area contributed by atoms with E-state index in [-0.39, 0.29) is 6.61 Å². The normalized spacial score (nSPS) is 20.4. The summed E-state index contributed by atoms with van der Waals surface area (Å²) in [5.41, 5.74) is 1.02. The summed E-state index contributed by atoms with van der Waals surface area (Å²) in [6.07, 6.45) is 3.30. The molecule has 1 saturated heterocycles. The average molecular weight is 318 g/mol. The Balaban J connectivity index is 1.93. The molecule has 0 saturated carbocycles. The third kappa shape index (κ3) is 2.85. The predicted octanol–water partition coefficient (Wildman–Crippen LogP) is 1.52. The zero-order valence-corrected chi connectivity index (χ0v) is 13.5. The summed E-state index contributed by atoms with van der Waals surface area (Å²) in [6.45, 7) is 7.58. The van der Waals surface area contributed by atoms with Crippen LogP contribution in [-0.4, -0.2) is 40.0 Å². The molecule has 3 rings (SSSR count). The van der Waals surface area contributed by atoms with Gasteiger partial charge in [-0.15, -0.1) is 0 Å². The van der Waals surface area contributed by atoms with Gasteiger partial charge in [0.15, 0.2) is 11.2 Å². The molecule has 8 heteroatoms. The fraction of sp³-hybridized carbons (Fsp3) is 0.467. The molecule has 0 spiro atoms. The van der Waals surface area contributed by atoms with E-state index in [4.69, 9.17) is 13.7 Å². The first-order valence-corrected chi connectivity index (χ1v) is 7.38. The summed E-state index contributed by atoms with van der Waals surface area (Å²) in [6, 6.07) is 1.67. The molecule has 0 bridgehead atoms. The molecule has 7 nitrogen and oxygen atoms in total. The standard InChI is InChI=1S/C15H19BN2O5/c1-14(2)15(3,4)23-16(22-14)10(8-19)5-9-6-11-12(17-7-9)18-13(20)21-11/h5-7,19H,8H2,1-4H3,(H,17,18,20). The lowest BCUT2D eigenvalue weighted by Crippen LogP contribution is -2.41. The van der Waals surface area contributed by atoms with Gasteiger partial charge in [0.05, 0.1) is 17.8 Å². The van der Waals surface area contributed by atoms with Crippen LogP contribution in [0.4, 0.5) is 0 Å². The van der Waals surface area contributed by atoms with Gasteiger partial charge in [-0.1, -0.05) is 6.08 Å². The molecule has 0 radical (unpaired) electrons. The first kappa shape index (κ1) is 16.0. The van der Waals surface area contributed by atoms with Crippen LogP contribution in [0.3, 0.4) is 0 Å². The third-order valence-electron chi connectivity index (χ3n) is 4.39. The maximum Gasteiger partial charge on any atom is 0.492 e. The minimum absolute atomic E-state index is 0.216. The van der Waals surface area contributed by atoms with Crippen LogP contribution in [0, 0.1) is 0 Å². The van der Waals surface area contributed by atoms with E-state index in [1.54, 1.807) is 18.3 Å². The minimum Gasteiger partial charge on any atom is -0.406 e. The van der Waals surface area contributed by atoms with E-state index in [9.17, 15) is 9.90 Å². The molecule has 0 unspecified atom stereocenters. The summed E-state index contributed by atoms with van der Waals surface area (Å²) in [5.74, 6) is -0.554. The Morgan fingerprint density at radius 1 is 1.35 bits per heavy atom. The second-order valence-electron chi connectivity index (χ2n) is 6.60. The number of nitrogens with zero attached hydrogens (tertiary/aromatic N) is 1. The largest absolute Gasteiger partial charge is 0.492 e. The van der Waals surface area contributed by atoms with E-state index in [2.05, 4.69) is 9.97 Å². The zero-order chi connectivity index (χ0) is 16.8. The van der Waals surface area contributed by atoms with Crippen molar-refractivity contribution in [2.24, 2.45) is 0 Å². The van der Waals surface area contributed by atoms with Crippen LogP contribution < -0.4 is 5.76 Å². The number of fused-ring (bicyclic) bond motifs is 1. The van der Waals surface area contributed by atoms with Crippen LogP contribution in [-0.2, 0) is 9.31 Å². The second kappa shape index (κ2) is 5.33. The Hall–Kier alpha value is -1.90. The minimum atomic E-state index is -0.640. The highest BCUT2D eigenvalue weighted by atomic mass is 16.7. The molecule has 3 heterocycles. The number of aromatic nitrogens is 2. The maximum atomic E-state index is 11.2. The van der Waals surface area contributed by atoms with Gasteiger partial charge in [-0.05, 0) is 44.8 Å². The van der Waals surface area contributed by atoms with E-state index < -0.39 is 24.1 Å². The number of nitrogens with one attached hydrogen (secondary N) is 1. The topological polar surface area (TPSA) is 97.6 Å². The summed E-state index contributed by atoms with van der Waals surface area (Å²) in [7, 11) is -0.640. The van der Waals surface area contributed by atoms with Crippen LogP contribution >= 0.6 is 0 Å². The summed E-state index contributed by atoms with van der Waals surface area (Å²) < 4.78 is 16.8. The van der Waals surface area contributed by atoms with Crippen molar-refractivity contribution in [3.8, 4) is 0 Å². The zero-order valence-electron chi connectivity index (χ0n) is 13.5. The Labute approximate surface area is 133 Å². The van der Waals surface area contributed by atoms with E-state index in [0.29, 0.717) is 22.3 Å². The van der Waals surface area contributed by atoms with Crippen LogP contribution in [0.5, 0.6) is 0 Å². The van der Waals surface area contributed by atoms with Crippen molar-refractivity contribution >= 4 is 24.4 Å². The molecule has 1 fully saturated rings. The van der Waals surface area contributed by atoms with E-state index in [1.165, 1.54) is 0 Å². The molecule has 0 aromatic carbocycles. The van der Waals surface area contributed by atoms with Crippen molar-refractivity contribution in [3.05, 3.63) is 33.8 Å². The number of aromatic amines is 1. The van der Waals surface area contributed by atoms with Crippen molar-refractivity contribution in [3.63, 3.8) is 0 Å². The second-order valence-corrected chi connectivity index (χ2v) is 6.60. The van der Waals surface area contributed by atoms with Gasteiger partial charge in [0.1, 0.15) is 0 Å². The molecule has 122 valence electrons. The van der Waals surface area contributed by atoms with Crippen molar-refractivity contribution in [1.82, 2.24) is 9.97 Å². The number of hydrogen-bond acceptors (Lipinski definition) is 6. The maximum absolute atomic E-state index is 11.2. The monoisotopic (exact) mass is 318 g/mol. The van der Waals surface area contributed by atoms with Crippen molar-refractivity contribution < 1.29 is 18.8 Å². The van der Waals surface area contributed by atoms with Gasteiger partial charge in [-0.25, -0.2) is 9.78 Å². The van der Waals surface area contributed by atoms with Crippen LogP contribution in [0.15, 0.2) is 26.9 Å². The number of pyridine rings is 1. The number of oxazole rings is 1. The van der Waals surface area contributed by atoms with Gasteiger partial charge in [0.25, 0.3) is 0 Å². The summed E-state index contributed by atoms with van der Waals surface area (Å²) in [5, 5.41) is 9.68. The van der Waals surface area contributed by atoms with Gasteiger partial charge in [-0.2, -0.15) is 0 Å². The molecule has 1 aliphatic heterocycles. The van der Waals surface area contributed by atoms with Crippen LogP contribution in [0.1, 0.15) is 33.3 Å². The fourth-order valence-electron chi connectivity index (χ4n) is 2.33. The van der Waals surface area contributed by atoms with Crippen molar-refractivity contribution in [2.45, 2.75) is 38.9 Å². The molecule has 2 aromatic heterocycles. The van der Waals surface area contributed by atoms with Gasteiger partial charge in [-0.3, -0.25) is 4.98 Å². The Bertz CT molecular complexity index is 805. The van der Waals surface area contributed by atoms with Gasteiger partial charge < -0.3 is 18.8 Å². The lowest BCUT2D eigenvalue weighted by Gasteiger charge is -2.32.